The molecule has 1 amide bonds. The van der Waals surface area contributed by atoms with E-state index in [-0.39, 0.29) is 5.91 Å². The maximum atomic E-state index is 11.0. The van der Waals surface area contributed by atoms with Crippen LogP contribution in [-0.2, 0) is 11.3 Å². The fourth-order valence-electron chi connectivity index (χ4n) is 2.60. The predicted molar refractivity (Wildman–Crippen MR) is 98.4 cm³/mol. The molecular formula is C15H27N7OS. The first-order chi connectivity index (χ1) is 11.5. The molecule has 1 aliphatic heterocycles. The minimum absolute atomic E-state index is 0.265. The van der Waals surface area contributed by atoms with Gasteiger partial charge in [0.2, 0.25) is 5.91 Å². The number of hydrogen-bond donors (Lipinski definition) is 3. The minimum atomic E-state index is -0.265. The maximum absolute atomic E-state index is 11.0. The Labute approximate surface area is 147 Å². The third-order valence-corrected chi connectivity index (χ3v) is 4.95. The van der Waals surface area contributed by atoms with Crippen molar-refractivity contribution in [1.29, 1.82) is 0 Å². The second-order valence-corrected chi connectivity index (χ2v) is 6.94. The van der Waals surface area contributed by atoms with Gasteiger partial charge in [-0.3, -0.25) is 14.7 Å². The summed E-state index contributed by atoms with van der Waals surface area (Å²) in [6.45, 7) is 2.73. The van der Waals surface area contributed by atoms with Crippen molar-refractivity contribution in [3.8, 4) is 0 Å². The number of primary amides is 1. The second kappa shape index (κ2) is 8.84. The lowest BCUT2D eigenvalue weighted by Crippen LogP contribution is -2.49. The average Bonchev–Trinajstić information content (AvgIpc) is 3.02. The number of nitrogens with zero attached hydrogens (tertiary/aromatic N) is 4. The average molecular weight is 353 g/mol. The molecule has 1 aliphatic rings. The number of aromatic nitrogens is 1. The molecule has 1 saturated heterocycles. The first-order valence-corrected chi connectivity index (χ1v) is 8.95. The van der Waals surface area contributed by atoms with E-state index in [2.05, 4.69) is 30.9 Å². The molecule has 8 nitrogen and oxygen atoms in total. The van der Waals surface area contributed by atoms with E-state index in [0.29, 0.717) is 19.1 Å². The number of carbonyl (C=O) groups excluding carboxylic acids is 1. The molecule has 4 N–H and O–H groups in total. The summed E-state index contributed by atoms with van der Waals surface area (Å²) in [7, 11) is 5.74. The van der Waals surface area contributed by atoms with Gasteiger partial charge in [-0.1, -0.05) is 0 Å². The number of hydrogen-bond acceptors (Lipinski definition) is 6. The van der Waals surface area contributed by atoms with Crippen LogP contribution >= 0.6 is 11.3 Å². The summed E-state index contributed by atoms with van der Waals surface area (Å²) in [5.74, 6) is 0.516. The SMILES string of the molecule is CN=C(NCc1csc(N(C)C)n1)NC1CCN(CC(N)=O)CC1. The van der Waals surface area contributed by atoms with Gasteiger partial charge in [-0.2, -0.15) is 0 Å². The van der Waals surface area contributed by atoms with Crippen LogP contribution in [-0.4, -0.2) is 68.6 Å². The Morgan fingerprint density at radius 3 is 2.75 bits per heavy atom. The van der Waals surface area contributed by atoms with Gasteiger partial charge in [-0.15, -0.1) is 11.3 Å². The number of piperidine rings is 1. The summed E-state index contributed by atoms with van der Waals surface area (Å²) in [5.41, 5.74) is 6.24. The van der Waals surface area contributed by atoms with E-state index in [0.717, 1.165) is 42.7 Å². The van der Waals surface area contributed by atoms with E-state index in [1.54, 1.807) is 18.4 Å². The number of carbonyl (C=O) groups is 1. The van der Waals surface area contributed by atoms with Crippen LogP contribution in [0.15, 0.2) is 10.4 Å². The van der Waals surface area contributed by atoms with Gasteiger partial charge < -0.3 is 21.3 Å². The molecule has 0 radical (unpaired) electrons. The molecule has 2 heterocycles. The summed E-state index contributed by atoms with van der Waals surface area (Å²) in [6, 6.07) is 0.355. The molecule has 2 rings (SSSR count). The highest BCUT2D eigenvalue weighted by atomic mass is 32.1. The fraction of sp³-hybridized carbons (Fsp3) is 0.667. The number of rotatable bonds is 6. The minimum Gasteiger partial charge on any atom is -0.369 e. The topological polar surface area (TPSA) is 98.9 Å². The number of nitrogens with two attached hydrogens (primary N) is 1. The van der Waals surface area contributed by atoms with Crippen molar-refractivity contribution in [2.24, 2.45) is 10.7 Å². The Kier molecular flexibility index (Phi) is 6.80. The van der Waals surface area contributed by atoms with Crippen LogP contribution in [0.5, 0.6) is 0 Å². The summed E-state index contributed by atoms with van der Waals surface area (Å²) < 4.78 is 0. The van der Waals surface area contributed by atoms with Gasteiger partial charge >= 0.3 is 0 Å². The lowest BCUT2D eigenvalue weighted by atomic mass is 10.1. The van der Waals surface area contributed by atoms with Gasteiger partial charge in [0, 0.05) is 45.7 Å². The zero-order valence-corrected chi connectivity index (χ0v) is 15.4. The lowest BCUT2D eigenvalue weighted by molar-refractivity contribution is -0.119. The van der Waals surface area contributed by atoms with Crippen molar-refractivity contribution in [2.75, 3.05) is 45.7 Å². The largest absolute Gasteiger partial charge is 0.369 e. The summed E-state index contributed by atoms with van der Waals surface area (Å²) in [6.07, 6.45) is 1.94. The van der Waals surface area contributed by atoms with Crippen molar-refractivity contribution in [1.82, 2.24) is 20.5 Å². The molecular weight excluding hydrogens is 326 g/mol. The van der Waals surface area contributed by atoms with Crippen LogP contribution in [0.4, 0.5) is 5.13 Å². The van der Waals surface area contributed by atoms with E-state index in [4.69, 9.17) is 5.73 Å². The van der Waals surface area contributed by atoms with Gasteiger partial charge in [0.25, 0.3) is 0 Å². The molecule has 0 bridgehead atoms. The van der Waals surface area contributed by atoms with Crippen molar-refractivity contribution < 1.29 is 4.79 Å². The summed E-state index contributed by atoms with van der Waals surface area (Å²) in [5, 5.41) is 9.80. The van der Waals surface area contributed by atoms with E-state index >= 15 is 0 Å². The summed E-state index contributed by atoms with van der Waals surface area (Å²) in [4.78, 5) is 23.9. The van der Waals surface area contributed by atoms with Crippen LogP contribution in [0.25, 0.3) is 0 Å². The molecule has 0 spiro atoms. The zero-order valence-electron chi connectivity index (χ0n) is 14.6. The maximum Gasteiger partial charge on any atom is 0.231 e. The molecule has 1 aromatic rings. The number of nitrogens with one attached hydrogen (secondary N) is 2. The number of aliphatic imine (C=N–C) groups is 1. The highest BCUT2D eigenvalue weighted by Crippen LogP contribution is 2.17. The molecule has 0 aliphatic carbocycles. The zero-order chi connectivity index (χ0) is 17.5. The molecule has 0 atom stereocenters. The fourth-order valence-corrected chi connectivity index (χ4v) is 3.36. The highest BCUT2D eigenvalue weighted by Gasteiger charge is 2.20. The Balaban J connectivity index is 1.75. The van der Waals surface area contributed by atoms with Gasteiger partial charge in [0.1, 0.15) is 0 Å². The Bertz CT molecular complexity index is 564. The molecule has 0 saturated carbocycles. The quantitative estimate of drug-likeness (QED) is 0.485. The monoisotopic (exact) mass is 353 g/mol. The van der Waals surface area contributed by atoms with Crippen molar-refractivity contribution >= 4 is 28.3 Å². The summed E-state index contributed by atoms with van der Waals surface area (Å²) >= 11 is 1.63. The van der Waals surface area contributed by atoms with Crippen LogP contribution in [0.3, 0.4) is 0 Å². The first kappa shape index (κ1) is 18.5. The smallest absolute Gasteiger partial charge is 0.231 e. The van der Waals surface area contributed by atoms with Crippen LogP contribution in [0.2, 0.25) is 0 Å². The Morgan fingerprint density at radius 2 is 2.21 bits per heavy atom. The van der Waals surface area contributed by atoms with Crippen molar-refractivity contribution in [3.63, 3.8) is 0 Å². The third-order valence-electron chi connectivity index (χ3n) is 3.89. The number of thiazole rings is 1. The van der Waals surface area contributed by atoms with Crippen LogP contribution in [0.1, 0.15) is 18.5 Å². The molecule has 134 valence electrons. The lowest BCUT2D eigenvalue weighted by Gasteiger charge is -2.32. The normalized spacial score (nSPS) is 16.9. The molecule has 1 aromatic heterocycles. The number of likely N-dealkylation sites (tertiary alicyclic amines) is 1. The van der Waals surface area contributed by atoms with Gasteiger partial charge in [-0.05, 0) is 12.8 Å². The Hall–Kier alpha value is -1.87. The van der Waals surface area contributed by atoms with E-state index in [1.807, 2.05) is 19.0 Å². The molecule has 24 heavy (non-hydrogen) atoms. The van der Waals surface area contributed by atoms with Gasteiger partial charge in [-0.25, -0.2) is 4.98 Å². The standard InChI is InChI=1S/C15H27N7OS/c1-17-14(18-8-12-10-24-15(20-12)21(2)3)19-11-4-6-22(7-5-11)9-13(16)23/h10-11H,4-9H2,1-3H3,(H2,16,23)(H2,17,18,19). The van der Waals surface area contributed by atoms with E-state index < -0.39 is 0 Å². The molecule has 9 heteroatoms. The molecule has 1 fully saturated rings. The van der Waals surface area contributed by atoms with Gasteiger partial charge in [0.15, 0.2) is 11.1 Å². The van der Waals surface area contributed by atoms with Crippen molar-refractivity contribution in [3.05, 3.63) is 11.1 Å². The molecule has 0 aromatic carbocycles. The number of amides is 1. The van der Waals surface area contributed by atoms with Gasteiger partial charge in [0.05, 0.1) is 18.8 Å². The van der Waals surface area contributed by atoms with E-state index in [1.165, 1.54) is 0 Å². The van der Waals surface area contributed by atoms with Crippen LogP contribution < -0.4 is 21.3 Å². The van der Waals surface area contributed by atoms with E-state index in [9.17, 15) is 4.79 Å². The second-order valence-electron chi connectivity index (χ2n) is 6.10. The number of anilines is 1. The first-order valence-electron chi connectivity index (χ1n) is 8.07. The predicted octanol–water partition coefficient (Wildman–Crippen LogP) is -0.176. The molecule has 0 unspecified atom stereocenters. The third kappa shape index (κ3) is 5.64. The number of guanidine groups is 1. The highest BCUT2D eigenvalue weighted by molar-refractivity contribution is 7.13. The van der Waals surface area contributed by atoms with Crippen LogP contribution in [0, 0.1) is 0 Å². The Morgan fingerprint density at radius 1 is 1.50 bits per heavy atom. The van der Waals surface area contributed by atoms with Crippen molar-refractivity contribution in [2.45, 2.75) is 25.4 Å².